The van der Waals surface area contributed by atoms with Gasteiger partial charge in [-0.15, -0.1) is 0 Å². The largest absolute Gasteiger partial charge is 0.491 e. The van der Waals surface area contributed by atoms with Crippen molar-refractivity contribution in [3.63, 3.8) is 0 Å². The third kappa shape index (κ3) is 2.12. The smallest absolute Gasteiger partial charge is 0.123 e. The number of benzene rings is 1. The maximum absolute atomic E-state index is 11.7. The summed E-state index contributed by atoms with van der Waals surface area (Å²) in [6, 6.07) is 5.33. The summed E-state index contributed by atoms with van der Waals surface area (Å²) in [5, 5.41) is 0. The second kappa shape index (κ2) is 3.95. The van der Waals surface area contributed by atoms with E-state index in [9.17, 15) is 4.39 Å². The van der Waals surface area contributed by atoms with E-state index in [0.29, 0.717) is 11.4 Å². The van der Waals surface area contributed by atoms with Crippen LogP contribution in [0.2, 0.25) is 0 Å². The number of rotatable bonds is 3. The molecule has 1 aromatic carbocycles. The van der Waals surface area contributed by atoms with E-state index in [4.69, 9.17) is 10.5 Å². The van der Waals surface area contributed by atoms with Crippen molar-refractivity contribution >= 4 is 5.69 Å². The normalized spacial score (nSPS) is 9.83. The summed E-state index contributed by atoms with van der Waals surface area (Å²) >= 11 is 0. The van der Waals surface area contributed by atoms with Crippen molar-refractivity contribution in [2.24, 2.45) is 0 Å². The van der Waals surface area contributed by atoms with Crippen molar-refractivity contribution in [2.75, 3.05) is 19.0 Å². The van der Waals surface area contributed by atoms with Gasteiger partial charge in [-0.05, 0) is 18.6 Å². The Kier molecular flexibility index (Phi) is 2.91. The van der Waals surface area contributed by atoms with E-state index in [1.165, 1.54) is 0 Å². The topological polar surface area (TPSA) is 35.2 Å². The van der Waals surface area contributed by atoms with Gasteiger partial charge in [-0.1, -0.05) is 6.07 Å². The molecule has 1 rings (SSSR count). The molecule has 66 valence electrons. The average Bonchev–Trinajstić information content (AvgIpc) is 2.07. The van der Waals surface area contributed by atoms with E-state index in [1.54, 1.807) is 12.1 Å². The Morgan fingerprint density at radius 3 is 2.83 bits per heavy atom. The minimum absolute atomic E-state index is 0.0858. The Labute approximate surface area is 71.1 Å². The highest BCUT2D eigenvalue weighted by molar-refractivity contribution is 5.50. The van der Waals surface area contributed by atoms with Crippen LogP contribution in [-0.2, 0) is 0 Å². The maximum Gasteiger partial charge on any atom is 0.123 e. The first-order valence-electron chi connectivity index (χ1n) is 3.79. The second-order valence-electron chi connectivity index (χ2n) is 2.56. The molecule has 0 fully saturated rings. The number of alkyl halides is 1. The minimum Gasteiger partial charge on any atom is -0.491 e. The van der Waals surface area contributed by atoms with Gasteiger partial charge >= 0.3 is 0 Å². The van der Waals surface area contributed by atoms with Crippen LogP contribution >= 0.6 is 0 Å². The third-order valence-corrected chi connectivity index (χ3v) is 1.60. The molecule has 0 saturated heterocycles. The van der Waals surface area contributed by atoms with Crippen molar-refractivity contribution in [1.82, 2.24) is 0 Å². The fourth-order valence-corrected chi connectivity index (χ4v) is 0.865. The van der Waals surface area contributed by atoms with Gasteiger partial charge in [-0.3, -0.25) is 0 Å². The summed E-state index contributed by atoms with van der Waals surface area (Å²) in [5.41, 5.74) is 7.29. The molecule has 0 aromatic heterocycles. The Bertz CT molecular complexity index is 263. The van der Waals surface area contributed by atoms with E-state index in [2.05, 4.69) is 0 Å². The third-order valence-electron chi connectivity index (χ3n) is 1.60. The lowest BCUT2D eigenvalue weighted by atomic mass is 10.2. The molecular formula is C9H12FNO. The SMILES string of the molecule is Cc1ccc(OCCF)cc1N. The molecular weight excluding hydrogens is 157 g/mol. The van der Waals surface area contributed by atoms with Gasteiger partial charge in [0, 0.05) is 11.8 Å². The highest BCUT2D eigenvalue weighted by Crippen LogP contribution is 2.18. The van der Waals surface area contributed by atoms with Crippen LogP contribution in [0.25, 0.3) is 0 Å². The molecule has 0 spiro atoms. The summed E-state index contributed by atoms with van der Waals surface area (Å²) in [5.74, 6) is 0.621. The number of nitrogens with two attached hydrogens (primary N) is 1. The number of hydrogen-bond donors (Lipinski definition) is 1. The molecule has 3 heteroatoms. The van der Waals surface area contributed by atoms with Gasteiger partial charge in [0.05, 0.1) is 0 Å². The Morgan fingerprint density at radius 1 is 1.50 bits per heavy atom. The molecule has 0 unspecified atom stereocenters. The summed E-state index contributed by atoms with van der Waals surface area (Å²) in [6.07, 6.45) is 0. The van der Waals surface area contributed by atoms with Crippen molar-refractivity contribution in [3.05, 3.63) is 23.8 Å². The van der Waals surface area contributed by atoms with Gasteiger partial charge < -0.3 is 10.5 Å². The van der Waals surface area contributed by atoms with Crippen molar-refractivity contribution in [3.8, 4) is 5.75 Å². The first kappa shape index (κ1) is 8.84. The minimum atomic E-state index is -0.478. The van der Waals surface area contributed by atoms with Crippen molar-refractivity contribution in [2.45, 2.75) is 6.92 Å². The molecule has 0 radical (unpaired) electrons. The molecule has 0 aliphatic rings. The van der Waals surface area contributed by atoms with Gasteiger partial charge in [0.2, 0.25) is 0 Å². The van der Waals surface area contributed by atoms with Crippen LogP contribution < -0.4 is 10.5 Å². The molecule has 1 aromatic rings. The Morgan fingerprint density at radius 2 is 2.25 bits per heavy atom. The number of ether oxygens (including phenoxy) is 1. The highest BCUT2D eigenvalue weighted by Gasteiger charge is 1.96. The van der Waals surface area contributed by atoms with Crippen LogP contribution in [0.1, 0.15) is 5.56 Å². The van der Waals surface area contributed by atoms with Crippen LogP contribution in [0.5, 0.6) is 5.75 Å². The number of nitrogen functional groups attached to an aromatic ring is 1. The molecule has 0 aliphatic heterocycles. The molecule has 0 heterocycles. The van der Waals surface area contributed by atoms with Gasteiger partial charge in [-0.25, -0.2) is 4.39 Å². The zero-order valence-corrected chi connectivity index (χ0v) is 7.01. The van der Waals surface area contributed by atoms with Crippen LogP contribution in [0.4, 0.5) is 10.1 Å². The second-order valence-corrected chi connectivity index (χ2v) is 2.56. The van der Waals surface area contributed by atoms with E-state index in [-0.39, 0.29) is 6.61 Å². The molecule has 2 N–H and O–H groups in total. The molecule has 0 amide bonds. The van der Waals surface area contributed by atoms with Crippen LogP contribution in [0, 0.1) is 6.92 Å². The molecule has 0 atom stereocenters. The lowest BCUT2D eigenvalue weighted by molar-refractivity contribution is 0.273. The van der Waals surface area contributed by atoms with Crippen LogP contribution in [-0.4, -0.2) is 13.3 Å². The molecule has 0 saturated carbocycles. The zero-order chi connectivity index (χ0) is 8.97. The molecule has 0 aliphatic carbocycles. The van der Waals surface area contributed by atoms with E-state index in [0.717, 1.165) is 5.56 Å². The monoisotopic (exact) mass is 169 g/mol. The number of aryl methyl sites for hydroxylation is 1. The highest BCUT2D eigenvalue weighted by atomic mass is 19.1. The van der Waals surface area contributed by atoms with E-state index in [1.807, 2.05) is 13.0 Å². The van der Waals surface area contributed by atoms with Crippen molar-refractivity contribution in [1.29, 1.82) is 0 Å². The fourth-order valence-electron chi connectivity index (χ4n) is 0.865. The lowest BCUT2D eigenvalue weighted by Crippen LogP contribution is -1.99. The van der Waals surface area contributed by atoms with Crippen molar-refractivity contribution < 1.29 is 9.13 Å². The van der Waals surface area contributed by atoms with Gasteiger partial charge in [-0.2, -0.15) is 0 Å². The van der Waals surface area contributed by atoms with Crippen LogP contribution in [0.3, 0.4) is 0 Å². The Balaban J connectivity index is 2.69. The first-order chi connectivity index (χ1) is 5.74. The average molecular weight is 169 g/mol. The molecule has 0 bridgehead atoms. The summed E-state index contributed by atoms with van der Waals surface area (Å²) in [4.78, 5) is 0. The quantitative estimate of drug-likeness (QED) is 0.701. The number of anilines is 1. The standard InChI is InChI=1S/C9H12FNO/c1-7-2-3-8(6-9(7)11)12-5-4-10/h2-3,6H,4-5,11H2,1H3. The zero-order valence-electron chi connectivity index (χ0n) is 7.01. The number of hydrogen-bond acceptors (Lipinski definition) is 2. The summed E-state index contributed by atoms with van der Waals surface area (Å²) in [6.45, 7) is 1.52. The lowest BCUT2D eigenvalue weighted by Gasteiger charge is -2.05. The van der Waals surface area contributed by atoms with Gasteiger partial charge in [0.1, 0.15) is 19.0 Å². The van der Waals surface area contributed by atoms with Gasteiger partial charge in [0.25, 0.3) is 0 Å². The van der Waals surface area contributed by atoms with Gasteiger partial charge in [0.15, 0.2) is 0 Å². The summed E-state index contributed by atoms with van der Waals surface area (Å²) < 4.78 is 16.7. The maximum atomic E-state index is 11.7. The Hall–Kier alpha value is -1.25. The molecule has 2 nitrogen and oxygen atoms in total. The first-order valence-corrected chi connectivity index (χ1v) is 3.79. The summed E-state index contributed by atoms with van der Waals surface area (Å²) in [7, 11) is 0. The number of halogens is 1. The van der Waals surface area contributed by atoms with E-state index >= 15 is 0 Å². The predicted octanol–water partition coefficient (Wildman–Crippen LogP) is 1.93. The van der Waals surface area contributed by atoms with E-state index < -0.39 is 6.67 Å². The predicted molar refractivity (Wildman–Crippen MR) is 47.1 cm³/mol. The fraction of sp³-hybridized carbons (Fsp3) is 0.333. The molecule has 12 heavy (non-hydrogen) atoms. The van der Waals surface area contributed by atoms with Crippen LogP contribution in [0.15, 0.2) is 18.2 Å².